The van der Waals surface area contributed by atoms with Crippen molar-refractivity contribution in [3.63, 3.8) is 0 Å². The highest BCUT2D eigenvalue weighted by Crippen LogP contribution is 1.70. The van der Waals surface area contributed by atoms with Gasteiger partial charge < -0.3 is 5.73 Å². The van der Waals surface area contributed by atoms with Gasteiger partial charge in [-0.1, -0.05) is 0 Å². The van der Waals surface area contributed by atoms with Crippen molar-refractivity contribution >= 4 is 0 Å². The van der Waals surface area contributed by atoms with Crippen LogP contribution in [0, 0.1) is 0 Å². The Balaban J connectivity index is 2.54. The second kappa shape index (κ2) is 2.15. The Kier molecular flexibility index (Phi) is 2.10. The molecule has 0 fully saturated rings. The van der Waals surface area contributed by atoms with Gasteiger partial charge in [0.05, 0.1) is 0 Å². The molecular formula is C3H8FN. The van der Waals surface area contributed by atoms with E-state index in [0.29, 0.717) is 0 Å². The van der Waals surface area contributed by atoms with Crippen LogP contribution >= 0.6 is 0 Å². The van der Waals surface area contributed by atoms with E-state index in [4.69, 9.17) is 5.73 Å². The zero-order chi connectivity index (χ0) is 4.28. The van der Waals surface area contributed by atoms with Crippen LogP contribution in [0.5, 0.6) is 0 Å². The van der Waals surface area contributed by atoms with Gasteiger partial charge in [0.1, 0.15) is 6.67 Å². The normalized spacial score (nSPS) is 15.0. The maximum absolute atomic E-state index is 11.0. The zero-order valence-electron chi connectivity index (χ0n) is 3.24. The smallest absolute Gasteiger partial charge is 0.104 e. The van der Waals surface area contributed by atoms with Gasteiger partial charge in [-0.3, -0.25) is 0 Å². The highest BCUT2D eigenvalue weighted by molar-refractivity contribution is 4.44. The monoisotopic (exact) mass is 77.1 g/mol. The fourth-order valence-corrected chi connectivity index (χ4v) is 0. The van der Waals surface area contributed by atoms with Crippen LogP contribution in [0.4, 0.5) is 4.39 Å². The Morgan fingerprint density at radius 2 is 2.20 bits per heavy atom. The number of nitrogens with two attached hydrogens (primary N) is 1. The molecule has 0 aromatic carbocycles. The first-order chi connectivity index (χ1) is 2.27. The summed E-state index contributed by atoms with van der Waals surface area (Å²) in [5.41, 5.74) is 4.92. The predicted molar refractivity (Wildman–Crippen MR) is 19.6 cm³/mol. The number of hydrogen-bond acceptors (Lipinski definition) is 1. The molecule has 0 aliphatic carbocycles. The van der Waals surface area contributed by atoms with E-state index in [1.807, 2.05) is 0 Å². The molecule has 0 bridgehead atoms. The van der Waals surface area contributed by atoms with Gasteiger partial charge in [-0.15, -0.1) is 0 Å². The molecule has 0 amide bonds. The number of hydrogen-bond donors (Lipinski definition) is 1. The highest BCUT2D eigenvalue weighted by Gasteiger charge is 1.83. The van der Waals surface area contributed by atoms with E-state index >= 15 is 0 Å². The number of alkyl halides is 1. The minimum Gasteiger partial charge on any atom is -0.326 e. The van der Waals surface area contributed by atoms with Gasteiger partial charge >= 0.3 is 0 Å². The van der Waals surface area contributed by atoms with E-state index in [0.717, 1.165) is 0 Å². The Morgan fingerprint density at radius 3 is 2.20 bits per heavy atom. The Labute approximate surface area is 31.0 Å². The lowest BCUT2D eigenvalue weighted by molar-refractivity contribution is 0.445. The van der Waals surface area contributed by atoms with Crippen molar-refractivity contribution in [1.29, 1.82) is 0 Å². The summed E-state index contributed by atoms with van der Waals surface area (Å²) in [5, 5.41) is 0. The first-order valence-electron chi connectivity index (χ1n) is 1.59. The number of halogens is 1. The van der Waals surface area contributed by atoms with Crippen LogP contribution < -0.4 is 5.73 Å². The van der Waals surface area contributed by atoms with Crippen LogP contribution in [-0.4, -0.2) is 12.7 Å². The minimum absolute atomic E-state index is 0.282. The van der Waals surface area contributed by atoms with E-state index in [1.54, 1.807) is 6.92 Å². The Morgan fingerprint density at radius 1 is 2.00 bits per heavy atom. The molecule has 0 aliphatic heterocycles. The van der Waals surface area contributed by atoms with Crippen molar-refractivity contribution in [2.75, 3.05) is 6.67 Å². The van der Waals surface area contributed by atoms with Gasteiger partial charge in [0.25, 0.3) is 0 Å². The molecule has 0 aromatic rings. The fourth-order valence-electron chi connectivity index (χ4n) is 0. The van der Waals surface area contributed by atoms with Crippen LogP contribution in [0.3, 0.4) is 0 Å². The molecule has 0 saturated heterocycles. The summed E-state index contributed by atoms with van der Waals surface area (Å²) in [6.07, 6.45) is 0. The quantitative estimate of drug-likeness (QED) is 0.478. The third-order valence-corrected chi connectivity index (χ3v) is 0.243. The zero-order valence-corrected chi connectivity index (χ0v) is 3.24. The summed E-state index contributed by atoms with van der Waals surface area (Å²) >= 11 is 0. The van der Waals surface area contributed by atoms with Gasteiger partial charge in [-0.05, 0) is 6.92 Å². The molecule has 0 aliphatic rings. The lowest BCUT2D eigenvalue weighted by atomic mass is 10.4. The predicted octanol–water partition coefficient (Wildman–Crippen LogP) is 0.303. The second-order valence-corrected chi connectivity index (χ2v) is 1.13. The van der Waals surface area contributed by atoms with Crippen molar-refractivity contribution in [2.45, 2.75) is 13.0 Å². The molecular weight excluding hydrogens is 69.0 g/mol. The maximum atomic E-state index is 11.0. The van der Waals surface area contributed by atoms with Crippen LogP contribution in [-0.2, 0) is 0 Å². The summed E-state index contributed by atoms with van der Waals surface area (Å²) in [7, 11) is 0. The van der Waals surface area contributed by atoms with Crippen molar-refractivity contribution in [2.24, 2.45) is 5.73 Å². The van der Waals surface area contributed by atoms with Gasteiger partial charge in [-0.25, -0.2) is 4.39 Å². The lowest BCUT2D eigenvalue weighted by Gasteiger charge is -1.88. The average Bonchev–Trinajstić information content (AvgIpc) is 1.38. The fraction of sp³-hybridized carbons (Fsp3) is 1.00. The molecule has 32 valence electrons. The van der Waals surface area contributed by atoms with Gasteiger partial charge in [-0.2, -0.15) is 0 Å². The molecule has 0 unspecified atom stereocenters. The third-order valence-electron chi connectivity index (χ3n) is 0.243. The number of rotatable bonds is 1. The van der Waals surface area contributed by atoms with Gasteiger partial charge in [0.15, 0.2) is 0 Å². The minimum atomic E-state index is -0.417. The highest BCUT2D eigenvalue weighted by atomic mass is 19.1. The molecule has 0 heterocycles. The first-order valence-corrected chi connectivity index (χ1v) is 1.59. The molecule has 0 saturated carbocycles. The summed E-state index contributed by atoms with van der Waals surface area (Å²) in [6.45, 7) is 1.21. The van der Waals surface area contributed by atoms with Gasteiger partial charge in [0.2, 0.25) is 0 Å². The SMILES string of the molecule is C[C@@H](N)CF. The molecule has 0 rings (SSSR count). The summed E-state index contributed by atoms with van der Waals surface area (Å²) in [4.78, 5) is 0. The molecule has 2 N–H and O–H groups in total. The summed E-state index contributed by atoms with van der Waals surface area (Å²) < 4.78 is 11.0. The lowest BCUT2D eigenvalue weighted by Crippen LogP contribution is -2.16. The van der Waals surface area contributed by atoms with Crippen LogP contribution in [0.1, 0.15) is 6.92 Å². The molecule has 0 aromatic heterocycles. The molecule has 0 radical (unpaired) electrons. The van der Waals surface area contributed by atoms with Crippen LogP contribution in [0.25, 0.3) is 0 Å². The Hall–Kier alpha value is -0.110. The molecule has 1 nitrogen and oxygen atoms in total. The van der Waals surface area contributed by atoms with Crippen LogP contribution in [0.2, 0.25) is 0 Å². The summed E-state index contributed by atoms with van der Waals surface area (Å²) in [6, 6.07) is -0.282. The molecule has 5 heavy (non-hydrogen) atoms. The molecule has 2 heteroatoms. The molecule has 1 atom stereocenters. The average molecular weight is 77.1 g/mol. The first kappa shape index (κ1) is 4.89. The standard InChI is InChI=1S/C3H8FN/c1-3(5)2-4/h3H,2,5H2,1H3/t3-/m1/s1. The van der Waals surface area contributed by atoms with Crippen molar-refractivity contribution in [1.82, 2.24) is 0 Å². The largest absolute Gasteiger partial charge is 0.326 e. The second-order valence-electron chi connectivity index (χ2n) is 1.13. The van der Waals surface area contributed by atoms with E-state index in [-0.39, 0.29) is 6.04 Å². The Bertz CT molecular complexity index is 20.9. The van der Waals surface area contributed by atoms with Gasteiger partial charge in [0, 0.05) is 6.04 Å². The van der Waals surface area contributed by atoms with E-state index in [9.17, 15) is 4.39 Å². The third kappa shape index (κ3) is 3.89. The van der Waals surface area contributed by atoms with Crippen molar-refractivity contribution < 1.29 is 4.39 Å². The van der Waals surface area contributed by atoms with E-state index < -0.39 is 6.67 Å². The van der Waals surface area contributed by atoms with E-state index in [2.05, 4.69) is 0 Å². The molecule has 0 spiro atoms. The van der Waals surface area contributed by atoms with Crippen molar-refractivity contribution in [3.05, 3.63) is 0 Å². The maximum Gasteiger partial charge on any atom is 0.104 e. The van der Waals surface area contributed by atoms with Crippen molar-refractivity contribution in [3.8, 4) is 0 Å². The van der Waals surface area contributed by atoms with Crippen LogP contribution in [0.15, 0.2) is 0 Å². The van der Waals surface area contributed by atoms with E-state index in [1.165, 1.54) is 0 Å². The summed E-state index contributed by atoms with van der Waals surface area (Å²) in [5.74, 6) is 0. The topological polar surface area (TPSA) is 26.0 Å².